The van der Waals surface area contributed by atoms with E-state index in [1.807, 2.05) is 0 Å². The molecule has 0 aliphatic carbocycles. The summed E-state index contributed by atoms with van der Waals surface area (Å²) in [6.07, 6.45) is 0.153. The Morgan fingerprint density at radius 3 is 2.65 bits per heavy atom. The van der Waals surface area contributed by atoms with Gasteiger partial charge in [0, 0.05) is 5.56 Å². The maximum absolute atomic E-state index is 12.2. The van der Waals surface area contributed by atoms with Crippen LogP contribution in [0.4, 0.5) is 0 Å². The fourth-order valence-electron chi connectivity index (χ4n) is 2.25. The van der Waals surface area contributed by atoms with Crippen LogP contribution in [0.5, 0.6) is 0 Å². The topological polar surface area (TPSA) is 115 Å². The number of primary sulfonamides is 1. The van der Waals surface area contributed by atoms with Crippen LogP contribution in [0.3, 0.4) is 0 Å². The number of benzene rings is 1. The highest BCUT2D eigenvalue weighted by Gasteiger charge is 2.17. The number of amides is 1. The molecule has 0 aliphatic heterocycles. The molecule has 1 heterocycles. The van der Waals surface area contributed by atoms with E-state index in [-0.39, 0.29) is 23.3 Å². The minimum Gasteiger partial charge on any atom is -0.361 e. The molecule has 1 amide bonds. The standard InChI is InChI=1S/C15H19N3O4S/c1-9(12-5-4-6-13(7-12)23(16,20)21)17-15(19)8-14-10(2)18-22-11(14)3/h4-7,9H,8H2,1-3H3,(H,17,19)(H2,16,20,21). The van der Waals surface area contributed by atoms with Crippen molar-refractivity contribution in [2.24, 2.45) is 5.14 Å². The maximum atomic E-state index is 12.2. The second kappa shape index (κ2) is 6.51. The number of rotatable bonds is 5. The largest absolute Gasteiger partial charge is 0.361 e. The van der Waals surface area contributed by atoms with Gasteiger partial charge < -0.3 is 9.84 Å². The van der Waals surface area contributed by atoms with Crippen molar-refractivity contribution in [3.63, 3.8) is 0 Å². The highest BCUT2D eigenvalue weighted by atomic mass is 32.2. The average Bonchev–Trinajstić information content (AvgIpc) is 2.78. The number of aromatic nitrogens is 1. The summed E-state index contributed by atoms with van der Waals surface area (Å²) < 4.78 is 27.8. The quantitative estimate of drug-likeness (QED) is 0.854. The predicted octanol–water partition coefficient (Wildman–Crippen LogP) is 1.36. The first-order chi connectivity index (χ1) is 10.7. The molecule has 2 aromatic rings. The Balaban J connectivity index is 2.10. The van der Waals surface area contributed by atoms with Gasteiger partial charge in [0.25, 0.3) is 0 Å². The van der Waals surface area contributed by atoms with E-state index in [1.165, 1.54) is 12.1 Å². The molecule has 1 unspecified atom stereocenters. The molecule has 7 nitrogen and oxygen atoms in total. The molecule has 8 heteroatoms. The van der Waals surface area contributed by atoms with Gasteiger partial charge in [0.2, 0.25) is 15.9 Å². The van der Waals surface area contributed by atoms with Crippen LogP contribution >= 0.6 is 0 Å². The van der Waals surface area contributed by atoms with Gasteiger partial charge in [-0.15, -0.1) is 0 Å². The zero-order valence-corrected chi connectivity index (χ0v) is 14.0. The number of carbonyl (C=O) groups is 1. The van der Waals surface area contributed by atoms with Crippen LogP contribution in [0.25, 0.3) is 0 Å². The van der Waals surface area contributed by atoms with E-state index in [4.69, 9.17) is 9.66 Å². The van der Waals surface area contributed by atoms with E-state index in [2.05, 4.69) is 10.5 Å². The van der Waals surface area contributed by atoms with Crippen molar-refractivity contribution in [2.75, 3.05) is 0 Å². The summed E-state index contributed by atoms with van der Waals surface area (Å²) in [6.45, 7) is 5.30. The Kier molecular flexibility index (Phi) is 4.86. The Bertz CT molecular complexity index is 807. The number of hydrogen-bond acceptors (Lipinski definition) is 5. The number of nitrogens with two attached hydrogens (primary N) is 1. The van der Waals surface area contributed by atoms with E-state index < -0.39 is 10.0 Å². The third-order valence-electron chi connectivity index (χ3n) is 3.58. The molecule has 1 aromatic heterocycles. The average molecular weight is 337 g/mol. The summed E-state index contributed by atoms with van der Waals surface area (Å²) in [5.74, 6) is 0.412. The van der Waals surface area contributed by atoms with Gasteiger partial charge in [0.05, 0.1) is 23.1 Å². The highest BCUT2D eigenvalue weighted by Crippen LogP contribution is 2.18. The fraction of sp³-hybridized carbons (Fsp3) is 0.333. The first kappa shape index (κ1) is 17.2. The number of nitrogens with one attached hydrogen (secondary N) is 1. The summed E-state index contributed by atoms with van der Waals surface area (Å²) in [5.41, 5.74) is 2.10. The molecule has 0 spiro atoms. The summed E-state index contributed by atoms with van der Waals surface area (Å²) in [4.78, 5) is 12.2. The van der Waals surface area contributed by atoms with Crippen molar-refractivity contribution >= 4 is 15.9 Å². The minimum absolute atomic E-state index is 0.0156. The molecule has 0 saturated carbocycles. The van der Waals surface area contributed by atoms with Crippen LogP contribution in [-0.4, -0.2) is 19.5 Å². The van der Waals surface area contributed by atoms with Crippen molar-refractivity contribution in [3.05, 3.63) is 46.8 Å². The zero-order valence-electron chi connectivity index (χ0n) is 13.2. The van der Waals surface area contributed by atoms with Gasteiger partial charge >= 0.3 is 0 Å². The number of hydrogen-bond donors (Lipinski definition) is 2. The van der Waals surface area contributed by atoms with Gasteiger partial charge in [-0.05, 0) is 38.5 Å². The smallest absolute Gasteiger partial charge is 0.238 e. The van der Waals surface area contributed by atoms with Gasteiger partial charge in [0.15, 0.2) is 0 Å². The van der Waals surface area contributed by atoms with E-state index in [1.54, 1.807) is 32.9 Å². The first-order valence-electron chi connectivity index (χ1n) is 7.02. The Hall–Kier alpha value is -2.19. The lowest BCUT2D eigenvalue weighted by molar-refractivity contribution is -0.121. The van der Waals surface area contributed by atoms with Crippen LogP contribution in [-0.2, 0) is 21.2 Å². The predicted molar refractivity (Wildman–Crippen MR) is 84.1 cm³/mol. The number of sulfonamides is 1. The van der Waals surface area contributed by atoms with Crippen LogP contribution in [0.1, 0.15) is 35.5 Å². The summed E-state index contributed by atoms with van der Waals surface area (Å²) in [6, 6.07) is 5.83. The number of aryl methyl sites for hydroxylation is 2. The van der Waals surface area contributed by atoms with Gasteiger partial charge in [-0.3, -0.25) is 4.79 Å². The van der Waals surface area contributed by atoms with Crippen LogP contribution < -0.4 is 10.5 Å². The van der Waals surface area contributed by atoms with Crippen molar-refractivity contribution in [2.45, 2.75) is 38.1 Å². The Labute approximate surface area is 134 Å². The summed E-state index contributed by atoms with van der Waals surface area (Å²) >= 11 is 0. The molecule has 0 fully saturated rings. The van der Waals surface area contributed by atoms with E-state index >= 15 is 0 Å². The molecular weight excluding hydrogens is 318 g/mol. The minimum atomic E-state index is -3.77. The second-order valence-corrected chi connectivity index (χ2v) is 6.95. The molecule has 0 radical (unpaired) electrons. The molecule has 2 rings (SSSR count). The number of carbonyl (C=O) groups excluding carboxylic acids is 1. The highest BCUT2D eigenvalue weighted by molar-refractivity contribution is 7.89. The van der Waals surface area contributed by atoms with Crippen LogP contribution in [0, 0.1) is 13.8 Å². The SMILES string of the molecule is Cc1noc(C)c1CC(=O)NC(C)c1cccc(S(N)(=O)=O)c1. The second-order valence-electron chi connectivity index (χ2n) is 5.39. The van der Waals surface area contributed by atoms with Crippen LogP contribution in [0.2, 0.25) is 0 Å². The number of nitrogens with zero attached hydrogens (tertiary/aromatic N) is 1. The lowest BCUT2D eigenvalue weighted by atomic mass is 10.1. The molecular formula is C15H19N3O4S. The molecule has 23 heavy (non-hydrogen) atoms. The molecule has 1 atom stereocenters. The molecule has 1 aromatic carbocycles. The molecule has 3 N–H and O–H groups in total. The van der Waals surface area contributed by atoms with Crippen molar-refractivity contribution in [1.82, 2.24) is 10.5 Å². The van der Waals surface area contributed by atoms with Gasteiger partial charge in [0.1, 0.15) is 5.76 Å². The van der Waals surface area contributed by atoms with Crippen LogP contribution in [0.15, 0.2) is 33.7 Å². The van der Waals surface area contributed by atoms with Gasteiger partial charge in [-0.25, -0.2) is 13.6 Å². The van der Waals surface area contributed by atoms with Gasteiger partial charge in [-0.1, -0.05) is 17.3 Å². The zero-order chi connectivity index (χ0) is 17.2. The molecule has 0 saturated heterocycles. The first-order valence-corrected chi connectivity index (χ1v) is 8.57. The Morgan fingerprint density at radius 2 is 2.09 bits per heavy atom. The third-order valence-corrected chi connectivity index (χ3v) is 4.49. The lowest BCUT2D eigenvalue weighted by Crippen LogP contribution is -2.28. The third kappa shape index (κ3) is 4.17. The van der Waals surface area contributed by atoms with E-state index in [0.717, 1.165) is 5.56 Å². The molecule has 0 bridgehead atoms. The maximum Gasteiger partial charge on any atom is 0.238 e. The van der Waals surface area contributed by atoms with Crippen molar-refractivity contribution < 1.29 is 17.7 Å². The van der Waals surface area contributed by atoms with Gasteiger partial charge in [-0.2, -0.15) is 0 Å². The monoisotopic (exact) mass is 337 g/mol. The summed E-state index contributed by atoms with van der Waals surface area (Å²) in [5, 5.41) is 11.8. The van der Waals surface area contributed by atoms with Crippen molar-refractivity contribution in [3.8, 4) is 0 Å². The fourth-order valence-corrected chi connectivity index (χ4v) is 2.82. The van der Waals surface area contributed by atoms with Crippen molar-refractivity contribution in [1.29, 1.82) is 0 Å². The van der Waals surface area contributed by atoms with E-state index in [9.17, 15) is 13.2 Å². The Morgan fingerprint density at radius 1 is 1.39 bits per heavy atom. The lowest BCUT2D eigenvalue weighted by Gasteiger charge is -2.15. The summed E-state index contributed by atoms with van der Waals surface area (Å²) in [7, 11) is -3.77. The molecule has 124 valence electrons. The molecule has 0 aliphatic rings. The normalized spacial score (nSPS) is 12.9. The van der Waals surface area contributed by atoms with E-state index in [0.29, 0.717) is 17.0 Å².